The lowest BCUT2D eigenvalue weighted by molar-refractivity contribution is -0.394. The standard InChI is InChI=1S/C16H15N3O5S/c1-17(10-11-3-5-15(25-2)6-4-11)16(20)12-7-13(18(21)22)9-14(8-12)19(23)24/h3-9H,10H2,1-2H3. The molecular weight excluding hydrogens is 346 g/mol. The van der Waals surface area contributed by atoms with Crippen molar-refractivity contribution in [2.24, 2.45) is 0 Å². The lowest BCUT2D eigenvalue weighted by atomic mass is 10.1. The molecule has 0 fully saturated rings. The molecule has 0 saturated carbocycles. The second kappa shape index (κ2) is 7.75. The van der Waals surface area contributed by atoms with Gasteiger partial charge in [-0.3, -0.25) is 25.0 Å². The molecule has 0 atom stereocenters. The number of carbonyl (C=O) groups is 1. The van der Waals surface area contributed by atoms with Gasteiger partial charge in [0.2, 0.25) is 0 Å². The summed E-state index contributed by atoms with van der Waals surface area (Å²) in [6.07, 6.45) is 1.96. The van der Waals surface area contributed by atoms with Crippen LogP contribution in [-0.4, -0.2) is 34.0 Å². The highest BCUT2D eigenvalue weighted by Gasteiger charge is 2.21. The van der Waals surface area contributed by atoms with Crippen LogP contribution in [-0.2, 0) is 6.54 Å². The molecule has 2 aromatic carbocycles. The molecule has 0 saturated heterocycles. The monoisotopic (exact) mass is 361 g/mol. The van der Waals surface area contributed by atoms with E-state index in [0.717, 1.165) is 28.7 Å². The molecule has 0 N–H and O–H groups in total. The van der Waals surface area contributed by atoms with Crippen molar-refractivity contribution in [2.75, 3.05) is 13.3 Å². The van der Waals surface area contributed by atoms with Gasteiger partial charge in [-0.05, 0) is 24.0 Å². The van der Waals surface area contributed by atoms with E-state index in [0.29, 0.717) is 0 Å². The number of thioether (sulfide) groups is 1. The van der Waals surface area contributed by atoms with E-state index in [-0.39, 0.29) is 12.1 Å². The minimum atomic E-state index is -0.759. The summed E-state index contributed by atoms with van der Waals surface area (Å²) >= 11 is 1.60. The number of nitrogens with zero attached hydrogens (tertiary/aromatic N) is 3. The topological polar surface area (TPSA) is 107 Å². The van der Waals surface area contributed by atoms with E-state index in [4.69, 9.17) is 0 Å². The molecule has 9 heteroatoms. The van der Waals surface area contributed by atoms with E-state index in [1.54, 1.807) is 11.8 Å². The lowest BCUT2D eigenvalue weighted by Crippen LogP contribution is -2.26. The predicted molar refractivity (Wildman–Crippen MR) is 93.8 cm³/mol. The molecule has 0 radical (unpaired) electrons. The maximum Gasteiger partial charge on any atom is 0.277 e. The fourth-order valence-corrected chi connectivity index (χ4v) is 2.63. The smallest absolute Gasteiger partial charge is 0.277 e. The van der Waals surface area contributed by atoms with Crippen LogP contribution in [0.15, 0.2) is 47.4 Å². The van der Waals surface area contributed by atoms with E-state index in [1.165, 1.54) is 11.9 Å². The van der Waals surface area contributed by atoms with Crippen LogP contribution in [0.3, 0.4) is 0 Å². The van der Waals surface area contributed by atoms with Crippen LogP contribution >= 0.6 is 11.8 Å². The fourth-order valence-electron chi connectivity index (χ4n) is 2.23. The molecule has 0 bridgehead atoms. The normalized spacial score (nSPS) is 10.3. The molecule has 2 rings (SSSR count). The van der Waals surface area contributed by atoms with E-state index < -0.39 is 27.1 Å². The highest BCUT2D eigenvalue weighted by Crippen LogP contribution is 2.24. The average molecular weight is 361 g/mol. The molecular formula is C16H15N3O5S. The Morgan fingerprint density at radius 2 is 1.56 bits per heavy atom. The Morgan fingerprint density at radius 1 is 1.04 bits per heavy atom. The van der Waals surface area contributed by atoms with Crippen LogP contribution in [0, 0.1) is 20.2 Å². The van der Waals surface area contributed by atoms with Crippen molar-refractivity contribution in [3.8, 4) is 0 Å². The fraction of sp³-hybridized carbons (Fsp3) is 0.188. The largest absolute Gasteiger partial charge is 0.337 e. The Bertz CT molecular complexity index is 791. The van der Waals surface area contributed by atoms with Gasteiger partial charge in [0.25, 0.3) is 17.3 Å². The number of hydrogen-bond acceptors (Lipinski definition) is 6. The van der Waals surface area contributed by atoms with E-state index in [2.05, 4.69) is 0 Å². The third-order valence-electron chi connectivity index (χ3n) is 3.50. The first-order valence-electron chi connectivity index (χ1n) is 7.14. The van der Waals surface area contributed by atoms with Crippen LogP contribution < -0.4 is 0 Å². The Hall–Kier alpha value is -2.94. The summed E-state index contributed by atoms with van der Waals surface area (Å²) in [7, 11) is 1.54. The molecule has 0 aliphatic heterocycles. The van der Waals surface area contributed by atoms with Gasteiger partial charge < -0.3 is 4.90 Å². The van der Waals surface area contributed by atoms with Crippen molar-refractivity contribution in [1.82, 2.24) is 4.90 Å². The summed E-state index contributed by atoms with van der Waals surface area (Å²) in [5.41, 5.74) is -0.191. The minimum Gasteiger partial charge on any atom is -0.337 e. The Morgan fingerprint density at radius 3 is 2.00 bits per heavy atom. The Balaban J connectivity index is 2.25. The maximum atomic E-state index is 12.5. The molecule has 0 aliphatic rings. The number of non-ortho nitro benzene ring substituents is 2. The van der Waals surface area contributed by atoms with Crippen molar-refractivity contribution in [3.05, 3.63) is 73.8 Å². The molecule has 2 aromatic rings. The highest BCUT2D eigenvalue weighted by atomic mass is 32.2. The molecule has 0 heterocycles. The lowest BCUT2D eigenvalue weighted by Gasteiger charge is -2.17. The molecule has 8 nitrogen and oxygen atoms in total. The summed E-state index contributed by atoms with van der Waals surface area (Å²) in [4.78, 5) is 35.3. The average Bonchev–Trinajstić information content (AvgIpc) is 2.61. The van der Waals surface area contributed by atoms with Gasteiger partial charge in [-0.25, -0.2) is 0 Å². The molecule has 1 amide bonds. The van der Waals surface area contributed by atoms with Gasteiger partial charge in [0.15, 0.2) is 0 Å². The molecule has 0 unspecified atom stereocenters. The second-order valence-corrected chi connectivity index (χ2v) is 6.14. The number of carbonyl (C=O) groups excluding carboxylic acids is 1. The molecule has 0 spiro atoms. The molecule has 0 aliphatic carbocycles. The summed E-state index contributed by atoms with van der Waals surface area (Å²) < 4.78 is 0. The van der Waals surface area contributed by atoms with Crippen molar-refractivity contribution in [2.45, 2.75) is 11.4 Å². The SMILES string of the molecule is CSc1ccc(CN(C)C(=O)c2cc([N+](=O)[O-])cc([N+](=O)[O-])c2)cc1. The van der Waals surface area contributed by atoms with E-state index in [1.807, 2.05) is 30.5 Å². The van der Waals surface area contributed by atoms with Gasteiger partial charge in [-0.1, -0.05) is 12.1 Å². The summed E-state index contributed by atoms with van der Waals surface area (Å²) in [5, 5.41) is 21.9. The van der Waals surface area contributed by atoms with Crippen molar-refractivity contribution >= 4 is 29.0 Å². The summed E-state index contributed by atoms with van der Waals surface area (Å²) in [6, 6.07) is 10.5. The molecule has 0 aromatic heterocycles. The zero-order chi connectivity index (χ0) is 18.6. The number of amides is 1. The van der Waals surface area contributed by atoms with Gasteiger partial charge in [-0.15, -0.1) is 11.8 Å². The van der Waals surface area contributed by atoms with Gasteiger partial charge >= 0.3 is 0 Å². The second-order valence-electron chi connectivity index (χ2n) is 5.26. The van der Waals surface area contributed by atoms with Gasteiger partial charge in [0.1, 0.15) is 0 Å². The van der Waals surface area contributed by atoms with Crippen LogP contribution in [0.4, 0.5) is 11.4 Å². The summed E-state index contributed by atoms with van der Waals surface area (Å²) in [5.74, 6) is -0.527. The quantitative estimate of drug-likeness (QED) is 0.443. The Kier molecular flexibility index (Phi) is 5.71. The number of rotatable bonds is 6. The van der Waals surface area contributed by atoms with Crippen LogP contribution in [0.2, 0.25) is 0 Å². The number of nitro groups is 2. The first-order chi connectivity index (χ1) is 11.8. The number of hydrogen-bond donors (Lipinski definition) is 0. The van der Waals surface area contributed by atoms with Gasteiger partial charge in [-0.2, -0.15) is 0 Å². The maximum absolute atomic E-state index is 12.5. The predicted octanol–water partition coefficient (Wildman–Crippen LogP) is 3.50. The first-order valence-corrected chi connectivity index (χ1v) is 8.36. The third-order valence-corrected chi connectivity index (χ3v) is 4.24. The Labute approximate surface area is 147 Å². The van der Waals surface area contributed by atoms with Crippen molar-refractivity contribution in [3.63, 3.8) is 0 Å². The zero-order valence-electron chi connectivity index (χ0n) is 13.5. The highest BCUT2D eigenvalue weighted by molar-refractivity contribution is 7.98. The molecule has 130 valence electrons. The van der Waals surface area contributed by atoms with E-state index in [9.17, 15) is 25.0 Å². The van der Waals surface area contributed by atoms with Crippen molar-refractivity contribution < 1.29 is 14.6 Å². The molecule has 25 heavy (non-hydrogen) atoms. The van der Waals surface area contributed by atoms with E-state index >= 15 is 0 Å². The van der Waals surface area contributed by atoms with Crippen molar-refractivity contribution in [1.29, 1.82) is 0 Å². The number of nitro benzene ring substituents is 2. The van der Waals surface area contributed by atoms with Crippen LogP contribution in [0.25, 0.3) is 0 Å². The van der Waals surface area contributed by atoms with Gasteiger partial charge in [0.05, 0.1) is 21.5 Å². The number of benzene rings is 2. The minimum absolute atomic E-state index is 0.0934. The van der Waals surface area contributed by atoms with Crippen LogP contribution in [0.1, 0.15) is 15.9 Å². The zero-order valence-corrected chi connectivity index (χ0v) is 14.4. The first kappa shape index (κ1) is 18.4. The summed E-state index contributed by atoms with van der Waals surface area (Å²) in [6.45, 7) is 0.282. The van der Waals surface area contributed by atoms with Gasteiger partial charge in [0, 0.05) is 30.6 Å². The third kappa shape index (κ3) is 4.54. The van der Waals surface area contributed by atoms with Crippen LogP contribution in [0.5, 0.6) is 0 Å².